The summed E-state index contributed by atoms with van der Waals surface area (Å²) in [7, 11) is 0. The van der Waals surface area contributed by atoms with Crippen LogP contribution < -0.4 is 11.1 Å². The highest BCUT2D eigenvalue weighted by Crippen LogP contribution is 2.17. The van der Waals surface area contributed by atoms with E-state index in [-0.39, 0.29) is 11.8 Å². The normalized spacial score (nSPS) is 18.2. The van der Waals surface area contributed by atoms with E-state index in [0.717, 1.165) is 25.9 Å². The van der Waals surface area contributed by atoms with E-state index >= 15 is 0 Å². The first-order valence-electron chi connectivity index (χ1n) is 6.44. The Labute approximate surface area is 108 Å². The fourth-order valence-corrected chi connectivity index (χ4v) is 2.16. The summed E-state index contributed by atoms with van der Waals surface area (Å²) >= 11 is 0. The number of likely N-dealkylation sites (tertiary alicyclic amines) is 1. The van der Waals surface area contributed by atoms with Crippen LogP contribution in [-0.2, 0) is 9.59 Å². The Balaban J connectivity index is 2.32. The summed E-state index contributed by atoms with van der Waals surface area (Å²) in [6, 6.07) is -0.464. The molecule has 0 radical (unpaired) electrons. The summed E-state index contributed by atoms with van der Waals surface area (Å²) in [5.41, 5.74) is 5.77. The zero-order valence-corrected chi connectivity index (χ0v) is 11.0. The van der Waals surface area contributed by atoms with E-state index in [1.54, 1.807) is 6.08 Å². The number of carbonyl (C=O) groups is 2. The van der Waals surface area contributed by atoms with Crippen molar-refractivity contribution in [1.82, 2.24) is 10.2 Å². The molecule has 0 saturated carbocycles. The lowest BCUT2D eigenvalue weighted by Gasteiger charge is -2.33. The fraction of sp³-hybridized carbons (Fsp3) is 0.692. The first-order chi connectivity index (χ1) is 8.54. The van der Waals surface area contributed by atoms with Gasteiger partial charge in [0.25, 0.3) is 0 Å². The van der Waals surface area contributed by atoms with E-state index in [1.165, 1.54) is 6.92 Å². The molecule has 1 atom stereocenters. The molecule has 1 saturated heterocycles. The number of nitrogens with zero attached hydrogens (tertiary/aromatic N) is 1. The van der Waals surface area contributed by atoms with Crippen molar-refractivity contribution in [3.63, 3.8) is 0 Å². The number of piperidine rings is 1. The van der Waals surface area contributed by atoms with Crippen LogP contribution in [-0.4, -0.2) is 42.4 Å². The van der Waals surface area contributed by atoms with Gasteiger partial charge < -0.3 is 16.0 Å². The maximum Gasteiger partial charge on any atom is 0.239 e. The van der Waals surface area contributed by atoms with Crippen molar-refractivity contribution in [3.05, 3.63) is 12.7 Å². The van der Waals surface area contributed by atoms with Gasteiger partial charge in [-0.15, -0.1) is 6.58 Å². The summed E-state index contributed by atoms with van der Waals surface area (Å²) < 4.78 is 0. The molecule has 0 aromatic carbocycles. The summed E-state index contributed by atoms with van der Waals surface area (Å²) in [6.45, 7) is 7.28. The summed E-state index contributed by atoms with van der Waals surface area (Å²) in [5.74, 6) is 0.475. The molecule has 0 spiro atoms. The second kappa shape index (κ2) is 7.16. The maximum absolute atomic E-state index is 11.9. The molecule has 102 valence electrons. The van der Waals surface area contributed by atoms with E-state index in [1.807, 2.05) is 4.90 Å². The van der Waals surface area contributed by atoms with Gasteiger partial charge in [-0.25, -0.2) is 0 Å². The van der Waals surface area contributed by atoms with Crippen molar-refractivity contribution in [1.29, 1.82) is 0 Å². The molecule has 1 fully saturated rings. The highest BCUT2D eigenvalue weighted by molar-refractivity contribution is 5.81. The minimum atomic E-state index is -0.464. The highest BCUT2D eigenvalue weighted by Gasteiger charge is 2.25. The topological polar surface area (TPSA) is 75.4 Å². The Morgan fingerprint density at radius 1 is 1.50 bits per heavy atom. The first-order valence-corrected chi connectivity index (χ1v) is 6.44. The third kappa shape index (κ3) is 4.49. The lowest BCUT2D eigenvalue weighted by atomic mass is 9.96. The number of rotatable bonds is 5. The lowest BCUT2D eigenvalue weighted by molar-refractivity contribution is -0.134. The SMILES string of the molecule is C=CCC(N)C(=O)N1CCC(CNC(C)=O)CC1. The molecule has 18 heavy (non-hydrogen) atoms. The van der Waals surface area contributed by atoms with Gasteiger partial charge in [0.1, 0.15) is 0 Å². The summed E-state index contributed by atoms with van der Waals surface area (Å²) in [4.78, 5) is 24.6. The number of carbonyl (C=O) groups excluding carboxylic acids is 2. The molecule has 0 bridgehead atoms. The molecule has 1 heterocycles. The van der Waals surface area contributed by atoms with Crippen molar-refractivity contribution < 1.29 is 9.59 Å². The maximum atomic E-state index is 11.9. The fourth-order valence-electron chi connectivity index (χ4n) is 2.16. The molecule has 1 aliphatic rings. The van der Waals surface area contributed by atoms with Crippen molar-refractivity contribution >= 4 is 11.8 Å². The minimum absolute atomic E-state index is 0.00140. The van der Waals surface area contributed by atoms with E-state index < -0.39 is 6.04 Å². The molecule has 5 nitrogen and oxygen atoms in total. The Hall–Kier alpha value is -1.36. The molecule has 0 aliphatic carbocycles. The third-order valence-corrected chi connectivity index (χ3v) is 3.30. The molecule has 1 rings (SSSR count). The number of hydrogen-bond donors (Lipinski definition) is 2. The Kier molecular flexibility index (Phi) is 5.85. The molecule has 1 aliphatic heterocycles. The molecular weight excluding hydrogens is 230 g/mol. The van der Waals surface area contributed by atoms with Crippen LogP contribution in [0, 0.1) is 5.92 Å². The zero-order chi connectivity index (χ0) is 13.5. The molecule has 3 N–H and O–H groups in total. The van der Waals surface area contributed by atoms with Crippen LogP contribution in [0.4, 0.5) is 0 Å². The predicted octanol–water partition coefficient (Wildman–Crippen LogP) is 0.265. The van der Waals surface area contributed by atoms with Gasteiger partial charge in [0.2, 0.25) is 11.8 Å². The van der Waals surface area contributed by atoms with Crippen molar-refractivity contribution in [3.8, 4) is 0 Å². The largest absolute Gasteiger partial charge is 0.356 e. The zero-order valence-electron chi connectivity index (χ0n) is 11.0. The summed E-state index contributed by atoms with van der Waals surface area (Å²) in [5, 5.41) is 2.82. The number of nitrogens with one attached hydrogen (secondary N) is 1. The van der Waals surface area contributed by atoms with Crippen LogP contribution in [0.15, 0.2) is 12.7 Å². The number of amides is 2. The molecule has 2 amide bonds. The Morgan fingerprint density at radius 3 is 2.61 bits per heavy atom. The van der Waals surface area contributed by atoms with Gasteiger partial charge in [0.15, 0.2) is 0 Å². The predicted molar refractivity (Wildman–Crippen MR) is 70.8 cm³/mol. The molecule has 5 heteroatoms. The average molecular weight is 253 g/mol. The lowest BCUT2D eigenvalue weighted by Crippen LogP contribution is -2.48. The van der Waals surface area contributed by atoms with Gasteiger partial charge in [0.05, 0.1) is 6.04 Å². The van der Waals surface area contributed by atoms with Gasteiger partial charge >= 0.3 is 0 Å². The van der Waals surface area contributed by atoms with Gasteiger partial charge in [-0.2, -0.15) is 0 Å². The van der Waals surface area contributed by atoms with Gasteiger partial charge in [-0.3, -0.25) is 9.59 Å². The van der Waals surface area contributed by atoms with Gasteiger partial charge in [0, 0.05) is 26.6 Å². The van der Waals surface area contributed by atoms with E-state index in [9.17, 15) is 9.59 Å². The van der Waals surface area contributed by atoms with Crippen molar-refractivity contribution in [2.24, 2.45) is 11.7 Å². The molecule has 0 aromatic heterocycles. The molecule has 0 aromatic rings. The van der Waals surface area contributed by atoms with Crippen LogP contribution >= 0.6 is 0 Å². The Bertz CT molecular complexity index is 309. The monoisotopic (exact) mass is 253 g/mol. The minimum Gasteiger partial charge on any atom is -0.356 e. The van der Waals surface area contributed by atoms with Crippen molar-refractivity contribution in [2.75, 3.05) is 19.6 Å². The van der Waals surface area contributed by atoms with E-state index in [0.29, 0.717) is 18.9 Å². The molecule has 1 unspecified atom stereocenters. The second-order valence-corrected chi connectivity index (χ2v) is 4.84. The summed E-state index contributed by atoms with van der Waals surface area (Å²) in [6.07, 6.45) is 4.04. The van der Waals surface area contributed by atoms with Gasteiger partial charge in [-0.05, 0) is 25.2 Å². The second-order valence-electron chi connectivity index (χ2n) is 4.84. The van der Waals surface area contributed by atoms with E-state index in [2.05, 4.69) is 11.9 Å². The Morgan fingerprint density at radius 2 is 2.11 bits per heavy atom. The van der Waals surface area contributed by atoms with Crippen LogP contribution in [0.25, 0.3) is 0 Å². The first kappa shape index (κ1) is 14.7. The van der Waals surface area contributed by atoms with Gasteiger partial charge in [-0.1, -0.05) is 6.08 Å². The van der Waals surface area contributed by atoms with Crippen LogP contribution in [0.5, 0.6) is 0 Å². The average Bonchev–Trinajstić information content (AvgIpc) is 2.36. The number of nitrogens with two attached hydrogens (primary N) is 1. The standard InChI is InChI=1S/C13H23N3O2/c1-3-4-12(14)13(18)16-7-5-11(6-8-16)9-15-10(2)17/h3,11-12H,1,4-9,14H2,2H3,(H,15,17). The quantitative estimate of drug-likeness (QED) is 0.690. The smallest absolute Gasteiger partial charge is 0.239 e. The van der Waals surface area contributed by atoms with Crippen LogP contribution in [0.3, 0.4) is 0 Å². The van der Waals surface area contributed by atoms with Crippen LogP contribution in [0.1, 0.15) is 26.2 Å². The molecular formula is C13H23N3O2. The number of hydrogen-bond acceptors (Lipinski definition) is 3. The van der Waals surface area contributed by atoms with Crippen LogP contribution in [0.2, 0.25) is 0 Å². The highest BCUT2D eigenvalue weighted by atomic mass is 16.2. The third-order valence-electron chi connectivity index (χ3n) is 3.30. The van der Waals surface area contributed by atoms with E-state index in [4.69, 9.17) is 5.73 Å². The van der Waals surface area contributed by atoms with Crippen molar-refractivity contribution in [2.45, 2.75) is 32.2 Å².